The summed E-state index contributed by atoms with van der Waals surface area (Å²) in [4.78, 5) is 29.5. The van der Waals surface area contributed by atoms with Crippen molar-refractivity contribution in [3.8, 4) is 17.2 Å². The summed E-state index contributed by atoms with van der Waals surface area (Å²) in [5.74, 6) is -0.496. The minimum Gasteiger partial charge on any atom is -0.495 e. The van der Waals surface area contributed by atoms with Gasteiger partial charge in [0.2, 0.25) is 11.8 Å². The Morgan fingerprint density at radius 1 is 1.15 bits per heavy atom. The lowest BCUT2D eigenvalue weighted by Gasteiger charge is -2.14. The Hall–Kier alpha value is -4.39. The van der Waals surface area contributed by atoms with Gasteiger partial charge in [-0.15, -0.1) is 0 Å². The van der Waals surface area contributed by atoms with Gasteiger partial charge in [-0.3, -0.25) is 10.1 Å². The number of carbonyl (C=O) groups is 1. The van der Waals surface area contributed by atoms with Crippen molar-refractivity contribution in [1.82, 2.24) is 9.97 Å². The minimum absolute atomic E-state index is 0.0101. The molecule has 0 atom stereocenters. The Balaban J connectivity index is 1.95. The molecule has 0 radical (unpaired) electrons. The van der Waals surface area contributed by atoms with Gasteiger partial charge in [-0.1, -0.05) is 11.6 Å². The van der Waals surface area contributed by atoms with E-state index in [1.54, 1.807) is 0 Å². The van der Waals surface area contributed by atoms with Gasteiger partial charge < -0.3 is 30.6 Å². The number of aromatic nitrogens is 2. The highest BCUT2D eigenvalue weighted by Crippen LogP contribution is 2.35. The number of anilines is 4. The van der Waals surface area contributed by atoms with Crippen LogP contribution in [-0.4, -0.2) is 35.2 Å². The van der Waals surface area contributed by atoms with Gasteiger partial charge in [-0.25, -0.2) is 9.78 Å². The third-order valence-corrected chi connectivity index (χ3v) is 4.38. The first kappa shape index (κ1) is 23.3. The molecule has 0 saturated carbocycles. The monoisotopic (exact) mass is 478 g/mol. The number of nitrogens with one attached hydrogen (secondary N) is 2. The quantitative estimate of drug-likeness (QED) is 0.316. The Kier molecular flexibility index (Phi) is 6.93. The van der Waals surface area contributed by atoms with Gasteiger partial charge in [0, 0.05) is 18.2 Å². The molecule has 0 aliphatic heterocycles. The van der Waals surface area contributed by atoms with Crippen molar-refractivity contribution in [3.05, 3.63) is 57.5 Å². The summed E-state index contributed by atoms with van der Waals surface area (Å²) < 4.78 is 29.1. The van der Waals surface area contributed by atoms with Gasteiger partial charge in [0.15, 0.2) is 5.82 Å². The van der Waals surface area contributed by atoms with Crippen LogP contribution in [0.4, 0.5) is 38.0 Å². The summed E-state index contributed by atoms with van der Waals surface area (Å²) in [7, 11) is 2.70. The number of amides is 1. The van der Waals surface area contributed by atoms with Crippen LogP contribution in [0.5, 0.6) is 17.2 Å². The lowest BCUT2D eigenvalue weighted by molar-refractivity contribution is -0.387. The number of hydrogen-bond donors (Lipinski definition) is 3. The largest absolute Gasteiger partial charge is 0.495 e. The predicted octanol–water partition coefficient (Wildman–Crippen LogP) is 4.14. The maximum atomic E-state index is 13.9. The van der Waals surface area contributed by atoms with Crippen LogP contribution >= 0.6 is 11.6 Å². The summed E-state index contributed by atoms with van der Waals surface area (Å²) in [5, 5.41) is 16.8. The molecule has 14 heteroatoms. The summed E-state index contributed by atoms with van der Waals surface area (Å²) in [6, 6.07) is 6.24. The Morgan fingerprint density at radius 2 is 1.85 bits per heavy atom. The molecule has 0 spiro atoms. The van der Waals surface area contributed by atoms with E-state index in [1.165, 1.54) is 38.6 Å². The maximum Gasteiger partial charge on any atom is 0.409 e. The van der Waals surface area contributed by atoms with E-state index < -0.39 is 22.5 Å². The van der Waals surface area contributed by atoms with Crippen LogP contribution in [0.25, 0.3) is 0 Å². The highest BCUT2D eigenvalue weighted by molar-refractivity contribution is 6.33. The number of nitrogens with zero attached hydrogens (tertiary/aromatic N) is 3. The fourth-order valence-electron chi connectivity index (χ4n) is 2.68. The van der Waals surface area contributed by atoms with Gasteiger partial charge in [-0.2, -0.15) is 9.37 Å². The van der Waals surface area contributed by atoms with Gasteiger partial charge in [0.25, 0.3) is 0 Å². The fourth-order valence-corrected chi connectivity index (χ4v) is 2.82. The SMILES string of the molecule is COc1cc(F)c([N+](=O)[O-])cc1Nc1ncc(Cl)c(Nc2cc(OC(N)=O)ccc2OC)n1. The average Bonchev–Trinajstić information content (AvgIpc) is 2.76. The van der Waals surface area contributed by atoms with E-state index in [0.717, 1.165) is 12.1 Å². The van der Waals surface area contributed by atoms with E-state index in [2.05, 4.69) is 20.6 Å². The van der Waals surface area contributed by atoms with Crippen LogP contribution in [0.3, 0.4) is 0 Å². The number of primary amides is 1. The zero-order valence-corrected chi connectivity index (χ0v) is 17.8. The van der Waals surface area contributed by atoms with Crippen LogP contribution in [-0.2, 0) is 0 Å². The molecular formula is C19H16ClFN6O6. The number of rotatable bonds is 8. The van der Waals surface area contributed by atoms with Crippen molar-refractivity contribution in [2.45, 2.75) is 0 Å². The summed E-state index contributed by atoms with van der Waals surface area (Å²) in [6.45, 7) is 0. The predicted molar refractivity (Wildman–Crippen MR) is 116 cm³/mol. The first-order chi connectivity index (χ1) is 15.7. The fraction of sp³-hybridized carbons (Fsp3) is 0.105. The number of methoxy groups -OCH3 is 2. The molecule has 0 unspecified atom stereocenters. The van der Waals surface area contributed by atoms with Gasteiger partial charge >= 0.3 is 11.8 Å². The Bertz CT molecular complexity index is 1230. The Morgan fingerprint density at radius 3 is 2.48 bits per heavy atom. The Labute approximate surface area is 190 Å². The van der Waals surface area contributed by atoms with E-state index in [0.29, 0.717) is 11.4 Å². The van der Waals surface area contributed by atoms with E-state index >= 15 is 0 Å². The molecule has 1 aromatic heterocycles. The lowest BCUT2D eigenvalue weighted by Crippen LogP contribution is -2.16. The minimum atomic E-state index is -1.06. The van der Waals surface area contributed by atoms with Crippen LogP contribution in [0.15, 0.2) is 36.5 Å². The van der Waals surface area contributed by atoms with Crippen LogP contribution in [0.1, 0.15) is 0 Å². The molecule has 3 rings (SSSR count). The molecule has 2 aromatic carbocycles. The molecule has 1 amide bonds. The van der Waals surface area contributed by atoms with Gasteiger partial charge in [0.05, 0.1) is 36.7 Å². The molecular weight excluding hydrogens is 463 g/mol. The molecule has 172 valence electrons. The number of hydrogen-bond acceptors (Lipinski definition) is 10. The topological polar surface area (TPSA) is 164 Å². The van der Waals surface area contributed by atoms with Gasteiger partial charge in [0.1, 0.15) is 22.3 Å². The van der Waals surface area contributed by atoms with Crippen molar-refractivity contribution < 1.29 is 28.3 Å². The van der Waals surface area contributed by atoms with Crippen molar-refractivity contribution in [3.63, 3.8) is 0 Å². The van der Waals surface area contributed by atoms with Crippen LogP contribution in [0.2, 0.25) is 5.02 Å². The number of carbonyl (C=O) groups excluding carboxylic acids is 1. The molecule has 12 nitrogen and oxygen atoms in total. The molecule has 4 N–H and O–H groups in total. The number of benzene rings is 2. The number of nitro groups is 1. The zero-order valence-electron chi connectivity index (χ0n) is 17.1. The highest BCUT2D eigenvalue weighted by atomic mass is 35.5. The second-order valence-electron chi connectivity index (χ2n) is 6.18. The number of nitrogens with two attached hydrogens (primary N) is 1. The summed E-state index contributed by atoms with van der Waals surface area (Å²) in [6.07, 6.45) is 0.264. The maximum absolute atomic E-state index is 13.9. The normalized spacial score (nSPS) is 10.3. The first-order valence-electron chi connectivity index (χ1n) is 8.95. The van der Waals surface area contributed by atoms with E-state index in [4.69, 9.17) is 31.5 Å². The smallest absolute Gasteiger partial charge is 0.409 e. The standard InChI is InChI=1S/C19H16ClFN6O6/c1-31-15-4-3-9(33-18(22)28)5-12(15)24-17-10(20)8-23-19(26-17)25-13-7-14(27(29)30)11(21)6-16(13)32-2/h3-8H,1-2H3,(H2,22,28)(H2,23,24,25,26). The lowest BCUT2D eigenvalue weighted by atomic mass is 10.2. The second-order valence-corrected chi connectivity index (χ2v) is 6.59. The molecule has 0 bridgehead atoms. The zero-order chi connectivity index (χ0) is 24.1. The third-order valence-electron chi connectivity index (χ3n) is 4.10. The molecule has 0 aliphatic carbocycles. The van der Waals surface area contributed by atoms with Crippen molar-refractivity contribution in [2.24, 2.45) is 5.73 Å². The molecule has 3 aromatic rings. The number of nitro benzene ring substituents is 1. The van der Waals surface area contributed by atoms with Crippen molar-refractivity contribution in [1.29, 1.82) is 0 Å². The van der Waals surface area contributed by atoms with E-state index in [1.807, 2.05) is 0 Å². The number of halogens is 2. The first-order valence-corrected chi connectivity index (χ1v) is 9.33. The summed E-state index contributed by atoms with van der Waals surface area (Å²) in [5.41, 5.74) is 4.66. The summed E-state index contributed by atoms with van der Waals surface area (Å²) >= 11 is 6.19. The third kappa shape index (κ3) is 5.46. The van der Waals surface area contributed by atoms with Crippen molar-refractivity contribution >= 4 is 46.5 Å². The molecule has 33 heavy (non-hydrogen) atoms. The molecule has 0 saturated heterocycles. The van der Waals surface area contributed by atoms with Crippen molar-refractivity contribution in [2.75, 3.05) is 24.9 Å². The molecule has 1 heterocycles. The average molecular weight is 479 g/mol. The molecule has 0 aliphatic rings. The van der Waals surface area contributed by atoms with Crippen LogP contribution < -0.4 is 30.6 Å². The van der Waals surface area contributed by atoms with Crippen LogP contribution in [0, 0.1) is 15.9 Å². The van der Waals surface area contributed by atoms with Gasteiger partial charge in [-0.05, 0) is 12.1 Å². The van der Waals surface area contributed by atoms with E-state index in [-0.39, 0.29) is 34.0 Å². The van der Waals surface area contributed by atoms with E-state index in [9.17, 15) is 19.3 Å². The highest BCUT2D eigenvalue weighted by Gasteiger charge is 2.20. The second kappa shape index (κ2) is 9.82. The number of ether oxygens (including phenoxy) is 3. The molecule has 0 fully saturated rings.